The van der Waals surface area contributed by atoms with Crippen LogP contribution in [0.15, 0.2) is 60.7 Å². The van der Waals surface area contributed by atoms with Gasteiger partial charge in [-0.1, -0.05) is 48.5 Å². The summed E-state index contributed by atoms with van der Waals surface area (Å²) in [6.07, 6.45) is 0. The minimum absolute atomic E-state index is 1.34. The van der Waals surface area contributed by atoms with E-state index in [1.54, 1.807) is 0 Å². The van der Waals surface area contributed by atoms with Crippen molar-refractivity contribution in [3.8, 4) is 44.5 Å². The molecule has 0 spiro atoms. The second kappa shape index (κ2) is 13.2. The Morgan fingerprint density at radius 3 is 0.536 bits per heavy atom. The molecule has 56 heavy (non-hydrogen) atoms. The summed E-state index contributed by atoms with van der Waals surface area (Å²) >= 11 is 0. The van der Waals surface area contributed by atoms with Crippen molar-refractivity contribution in [1.82, 2.24) is 0 Å². The first kappa shape index (κ1) is 37.7. The Labute approximate surface area is 336 Å². The molecule has 0 radical (unpaired) electrons. The minimum Gasteiger partial charge on any atom is -0.0558 e. The van der Waals surface area contributed by atoms with Crippen LogP contribution in [0.4, 0.5) is 0 Å². The Morgan fingerprint density at radius 1 is 0.214 bits per heavy atom. The van der Waals surface area contributed by atoms with Crippen molar-refractivity contribution < 1.29 is 0 Å². The molecule has 0 aromatic heterocycles. The van der Waals surface area contributed by atoms with E-state index >= 15 is 0 Å². The normalized spacial score (nSPS) is 11.9. The molecule has 0 amide bonds. The van der Waals surface area contributed by atoms with Gasteiger partial charge in [0.15, 0.2) is 0 Å². The highest BCUT2D eigenvalue weighted by Crippen LogP contribution is 2.52. The lowest BCUT2D eigenvalue weighted by Gasteiger charge is -2.26. The number of aryl methyl sites for hydroxylation is 8. The van der Waals surface area contributed by atoms with Crippen molar-refractivity contribution in [3.63, 3.8) is 0 Å². The van der Waals surface area contributed by atoms with Gasteiger partial charge in [0, 0.05) is 0 Å². The van der Waals surface area contributed by atoms with E-state index in [2.05, 4.69) is 171 Å². The first-order chi connectivity index (χ1) is 26.4. The van der Waals surface area contributed by atoms with Gasteiger partial charge in [-0.3, -0.25) is 0 Å². The molecule has 282 valence electrons. The Kier molecular flexibility index (Phi) is 8.89. The molecule has 8 aromatic carbocycles. The summed E-state index contributed by atoms with van der Waals surface area (Å²) in [4.78, 5) is 0. The van der Waals surface area contributed by atoms with Crippen molar-refractivity contribution in [3.05, 3.63) is 150 Å². The first-order valence-corrected chi connectivity index (χ1v) is 20.5. The Morgan fingerprint density at radius 2 is 0.375 bits per heavy atom. The second-order valence-electron chi connectivity index (χ2n) is 17.6. The van der Waals surface area contributed by atoms with Crippen LogP contribution in [0.25, 0.3) is 76.8 Å². The van der Waals surface area contributed by atoms with Gasteiger partial charge in [-0.05, 0) is 289 Å². The standard InChI is InChI=1S/C56H58/c1-27-21-28(2)36(10)51(35(27)9)47-25-48(52-37(11)29(3)22-30(4)38(52)12)44-19-20-46-50(54-41(15)33(7)24-34(8)42(54)16)26-49(45-18-17-43(47)55(44)56(45)46)53-39(13)31(5)23-32(6)40(53)14/h17-26H,1-16H3. The summed E-state index contributed by atoms with van der Waals surface area (Å²) in [6.45, 7) is 36.9. The largest absolute Gasteiger partial charge is 0.0558 e. The summed E-state index contributed by atoms with van der Waals surface area (Å²) in [6, 6.07) is 24.4. The Balaban J connectivity index is 1.70. The van der Waals surface area contributed by atoms with Gasteiger partial charge in [0.25, 0.3) is 0 Å². The third kappa shape index (κ3) is 5.32. The molecule has 0 nitrogen and oxygen atoms in total. The van der Waals surface area contributed by atoms with E-state index in [4.69, 9.17) is 0 Å². The maximum Gasteiger partial charge on any atom is -0.00139 e. The monoisotopic (exact) mass is 730 g/mol. The van der Waals surface area contributed by atoms with E-state index in [-0.39, 0.29) is 0 Å². The van der Waals surface area contributed by atoms with Crippen LogP contribution in [0, 0.1) is 111 Å². The first-order valence-electron chi connectivity index (χ1n) is 20.5. The van der Waals surface area contributed by atoms with E-state index in [0.29, 0.717) is 0 Å². The van der Waals surface area contributed by atoms with Crippen LogP contribution in [0.3, 0.4) is 0 Å². The van der Waals surface area contributed by atoms with Gasteiger partial charge in [-0.25, -0.2) is 0 Å². The molecule has 0 saturated heterocycles. The van der Waals surface area contributed by atoms with Gasteiger partial charge < -0.3 is 0 Å². The van der Waals surface area contributed by atoms with Crippen LogP contribution in [-0.4, -0.2) is 0 Å². The molecular formula is C56H58. The van der Waals surface area contributed by atoms with Gasteiger partial charge in [0.05, 0.1) is 0 Å². The molecule has 0 bridgehead atoms. The summed E-state index contributed by atoms with van der Waals surface area (Å²) in [7, 11) is 0. The van der Waals surface area contributed by atoms with Gasteiger partial charge in [-0.15, -0.1) is 0 Å². The fraction of sp³-hybridized carbons (Fsp3) is 0.286. The van der Waals surface area contributed by atoms with Gasteiger partial charge in [0.1, 0.15) is 0 Å². The van der Waals surface area contributed by atoms with Crippen LogP contribution in [0.1, 0.15) is 89.0 Å². The van der Waals surface area contributed by atoms with E-state index in [1.165, 1.54) is 166 Å². The van der Waals surface area contributed by atoms with Gasteiger partial charge in [0.2, 0.25) is 0 Å². The van der Waals surface area contributed by atoms with Crippen LogP contribution in [-0.2, 0) is 0 Å². The number of benzene rings is 8. The van der Waals surface area contributed by atoms with E-state index in [9.17, 15) is 0 Å². The van der Waals surface area contributed by atoms with Gasteiger partial charge >= 0.3 is 0 Å². The summed E-state index contributed by atoms with van der Waals surface area (Å²) < 4.78 is 0. The van der Waals surface area contributed by atoms with Crippen LogP contribution in [0.2, 0.25) is 0 Å². The predicted molar refractivity (Wildman–Crippen MR) is 248 cm³/mol. The zero-order valence-corrected chi connectivity index (χ0v) is 36.8. The van der Waals surface area contributed by atoms with Crippen LogP contribution < -0.4 is 0 Å². The molecule has 0 aliphatic rings. The minimum atomic E-state index is 1.34. The molecular weight excluding hydrogens is 673 g/mol. The molecule has 8 rings (SSSR count). The highest BCUT2D eigenvalue weighted by atomic mass is 14.3. The van der Waals surface area contributed by atoms with Crippen molar-refractivity contribution in [2.75, 3.05) is 0 Å². The zero-order valence-electron chi connectivity index (χ0n) is 36.8. The maximum atomic E-state index is 2.56. The van der Waals surface area contributed by atoms with E-state index in [0.717, 1.165) is 0 Å². The molecule has 0 heterocycles. The van der Waals surface area contributed by atoms with Crippen molar-refractivity contribution in [2.24, 2.45) is 0 Å². The average Bonchev–Trinajstić information content (AvgIpc) is 3.15. The SMILES string of the molecule is Cc1cc(C)c(C)c(-c2cc(-c3c(C)c(C)cc(C)c3C)c3ccc4c(-c5c(C)c(C)cc(C)c5C)cc(-c5c(C)c(C)cc(C)c5C)c5ccc2c3c54)c1C. The van der Waals surface area contributed by atoms with Gasteiger partial charge in [-0.2, -0.15) is 0 Å². The molecule has 0 saturated carbocycles. The lowest BCUT2D eigenvalue weighted by atomic mass is 9.77. The molecule has 0 aliphatic carbocycles. The zero-order chi connectivity index (χ0) is 40.4. The molecule has 8 aromatic rings. The Bertz CT molecular complexity index is 2490. The predicted octanol–water partition coefficient (Wildman–Crippen LogP) is 16.2. The van der Waals surface area contributed by atoms with Crippen LogP contribution in [0.5, 0.6) is 0 Å². The van der Waals surface area contributed by atoms with Crippen molar-refractivity contribution >= 4 is 32.3 Å². The lowest BCUT2D eigenvalue weighted by molar-refractivity contribution is 1.24. The summed E-state index contributed by atoms with van der Waals surface area (Å²) in [5.41, 5.74) is 32.6. The quantitative estimate of drug-likeness (QED) is 0.158. The van der Waals surface area contributed by atoms with Crippen molar-refractivity contribution in [2.45, 2.75) is 111 Å². The topological polar surface area (TPSA) is 0 Å². The Hall–Kier alpha value is -5.20. The van der Waals surface area contributed by atoms with E-state index in [1.807, 2.05) is 0 Å². The molecule has 0 aliphatic heterocycles. The fourth-order valence-corrected chi connectivity index (χ4v) is 10.3. The third-order valence-electron chi connectivity index (χ3n) is 14.4. The number of hydrogen-bond acceptors (Lipinski definition) is 0. The second-order valence-corrected chi connectivity index (χ2v) is 17.6. The number of hydrogen-bond donors (Lipinski definition) is 0. The lowest BCUT2D eigenvalue weighted by Crippen LogP contribution is -2.02. The third-order valence-corrected chi connectivity index (χ3v) is 14.4. The maximum absolute atomic E-state index is 2.56. The average molecular weight is 731 g/mol. The molecule has 0 atom stereocenters. The van der Waals surface area contributed by atoms with E-state index < -0.39 is 0 Å². The van der Waals surface area contributed by atoms with Crippen LogP contribution >= 0.6 is 0 Å². The molecule has 0 N–H and O–H groups in total. The highest BCUT2D eigenvalue weighted by Gasteiger charge is 2.26. The molecule has 0 fully saturated rings. The fourth-order valence-electron chi connectivity index (χ4n) is 10.3. The summed E-state index contributed by atoms with van der Waals surface area (Å²) in [5.74, 6) is 0. The molecule has 0 heteroatoms. The highest BCUT2D eigenvalue weighted by molar-refractivity contribution is 6.32. The smallest absolute Gasteiger partial charge is 0.00139 e. The number of rotatable bonds is 4. The summed E-state index contributed by atoms with van der Waals surface area (Å²) in [5, 5.41) is 8.11. The van der Waals surface area contributed by atoms with Crippen molar-refractivity contribution in [1.29, 1.82) is 0 Å². The molecule has 0 unspecified atom stereocenters.